The molecular formula is C24H31N3O4S. The van der Waals surface area contributed by atoms with E-state index in [1.165, 1.54) is 37.6 Å². The summed E-state index contributed by atoms with van der Waals surface area (Å²) in [7, 11) is -3.90. The molecule has 3 N–H and O–H groups in total. The summed E-state index contributed by atoms with van der Waals surface area (Å²) in [5.41, 5.74) is 1.54. The number of benzene rings is 2. The van der Waals surface area contributed by atoms with Gasteiger partial charge in [-0.2, -0.15) is 4.72 Å². The molecule has 0 aromatic heterocycles. The van der Waals surface area contributed by atoms with Gasteiger partial charge in [0.2, 0.25) is 21.8 Å². The van der Waals surface area contributed by atoms with Gasteiger partial charge in [-0.05, 0) is 55.5 Å². The zero-order chi connectivity index (χ0) is 23.1. The highest BCUT2D eigenvalue weighted by Crippen LogP contribution is 2.34. The molecule has 1 aliphatic rings. The summed E-state index contributed by atoms with van der Waals surface area (Å²) in [6, 6.07) is 14.6. The summed E-state index contributed by atoms with van der Waals surface area (Å²) in [5.74, 6) is -0.266. The monoisotopic (exact) mass is 457 g/mol. The first-order valence-electron chi connectivity index (χ1n) is 11.0. The summed E-state index contributed by atoms with van der Waals surface area (Å²) >= 11 is 0. The molecule has 32 heavy (non-hydrogen) atoms. The molecule has 0 radical (unpaired) electrons. The van der Waals surface area contributed by atoms with Gasteiger partial charge in [0.1, 0.15) is 0 Å². The number of carbonyl (C=O) groups excluding carboxylic acids is 2. The number of sulfonamides is 1. The Morgan fingerprint density at radius 2 is 1.56 bits per heavy atom. The minimum absolute atomic E-state index is 0.0261. The van der Waals surface area contributed by atoms with Gasteiger partial charge in [-0.3, -0.25) is 9.59 Å². The van der Waals surface area contributed by atoms with Gasteiger partial charge >= 0.3 is 0 Å². The number of hydrogen-bond acceptors (Lipinski definition) is 4. The van der Waals surface area contributed by atoms with Crippen LogP contribution in [0.5, 0.6) is 0 Å². The van der Waals surface area contributed by atoms with Crippen molar-refractivity contribution in [1.82, 2.24) is 10.0 Å². The zero-order valence-electron chi connectivity index (χ0n) is 18.5. The van der Waals surface area contributed by atoms with Gasteiger partial charge < -0.3 is 10.6 Å². The number of amides is 2. The van der Waals surface area contributed by atoms with Gasteiger partial charge in [-0.25, -0.2) is 8.42 Å². The predicted molar refractivity (Wildman–Crippen MR) is 124 cm³/mol. The third-order valence-corrected chi connectivity index (χ3v) is 7.34. The van der Waals surface area contributed by atoms with Crippen molar-refractivity contribution in [1.29, 1.82) is 0 Å². The Morgan fingerprint density at radius 1 is 0.938 bits per heavy atom. The maximum Gasteiger partial charge on any atom is 0.241 e. The van der Waals surface area contributed by atoms with E-state index >= 15 is 0 Å². The van der Waals surface area contributed by atoms with Gasteiger partial charge in [-0.1, -0.05) is 49.6 Å². The van der Waals surface area contributed by atoms with Crippen molar-refractivity contribution in [2.24, 2.45) is 5.92 Å². The minimum atomic E-state index is -3.90. The maximum atomic E-state index is 13.0. The zero-order valence-corrected chi connectivity index (χ0v) is 19.3. The molecular weight excluding hydrogens is 426 g/mol. The van der Waals surface area contributed by atoms with E-state index in [9.17, 15) is 18.0 Å². The number of rotatable bonds is 8. The van der Waals surface area contributed by atoms with Crippen molar-refractivity contribution in [3.8, 4) is 0 Å². The Bertz CT molecular complexity index is 1020. The largest absolute Gasteiger partial charge is 0.348 e. The van der Waals surface area contributed by atoms with Crippen LogP contribution in [0.1, 0.15) is 57.6 Å². The van der Waals surface area contributed by atoms with Crippen molar-refractivity contribution >= 4 is 27.5 Å². The molecule has 0 saturated heterocycles. The first-order chi connectivity index (χ1) is 15.3. The molecule has 172 valence electrons. The average molecular weight is 458 g/mol. The van der Waals surface area contributed by atoms with Gasteiger partial charge in [-0.15, -0.1) is 0 Å². The van der Waals surface area contributed by atoms with Crippen molar-refractivity contribution in [2.45, 2.75) is 62.9 Å². The second-order valence-electron chi connectivity index (χ2n) is 8.34. The maximum absolute atomic E-state index is 13.0. The van der Waals surface area contributed by atoms with E-state index < -0.39 is 16.1 Å². The van der Waals surface area contributed by atoms with Crippen molar-refractivity contribution in [2.75, 3.05) is 5.32 Å². The van der Waals surface area contributed by atoms with Crippen molar-refractivity contribution in [3.63, 3.8) is 0 Å². The Hall–Kier alpha value is -2.71. The highest BCUT2D eigenvalue weighted by atomic mass is 32.2. The number of anilines is 1. The smallest absolute Gasteiger partial charge is 0.241 e. The Morgan fingerprint density at radius 3 is 2.16 bits per heavy atom. The molecule has 0 heterocycles. The molecule has 0 aliphatic heterocycles. The van der Waals surface area contributed by atoms with E-state index in [2.05, 4.69) is 15.4 Å². The van der Waals surface area contributed by atoms with Crippen LogP contribution in [-0.2, 0) is 19.6 Å². The Kier molecular flexibility index (Phi) is 8.04. The molecule has 1 unspecified atom stereocenters. The van der Waals surface area contributed by atoms with Crippen LogP contribution in [0.4, 0.5) is 5.69 Å². The Balaban J connectivity index is 1.69. The van der Waals surface area contributed by atoms with Crippen LogP contribution in [0.2, 0.25) is 0 Å². The molecule has 8 heteroatoms. The lowest BCUT2D eigenvalue weighted by atomic mass is 9.81. The molecule has 0 bridgehead atoms. The molecule has 2 aromatic rings. The molecule has 2 amide bonds. The molecule has 2 atom stereocenters. The van der Waals surface area contributed by atoms with Crippen molar-refractivity contribution in [3.05, 3.63) is 60.2 Å². The lowest BCUT2D eigenvalue weighted by Crippen LogP contribution is -2.47. The third-order valence-electron chi connectivity index (χ3n) is 5.79. The van der Waals surface area contributed by atoms with Gasteiger partial charge in [0.25, 0.3) is 0 Å². The van der Waals surface area contributed by atoms with Gasteiger partial charge in [0.15, 0.2) is 0 Å². The second kappa shape index (κ2) is 10.7. The average Bonchev–Trinajstić information content (AvgIpc) is 2.78. The van der Waals surface area contributed by atoms with Crippen LogP contribution < -0.4 is 15.4 Å². The fraction of sp³-hybridized carbons (Fsp3) is 0.417. The van der Waals surface area contributed by atoms with Crippen molar-refractivity contribution < 1.29 is 18.0 Å². The minimum Gasteiger partial charge on any atom is -0.348 e. The first-order valence-corrected chi connectivity index (χ1v) is 12.5. The predicted octanol–water partition coefficient (Wildman–Crippen LogP) is 3.75. The highest BCUT2D eigenvalue weighted by molar-refractivity contribution is 7.89. The van der Waals surface area contributed by atoms with Crippen LogP contribution in [0.15, 0.2) is 59.5 Å². The van der Waals surface area contributed by atoms with Crippen LogP contribution in [-0.4, -0.2) is 26.3 Å². The normalized spacial score (nSPS) is 16.7. The molecule has 7 nitrogen and oxygen atoms in total. The topological polar surface area (TPSA) is 104 Å². The fourth-order valence-corrected chi connectivity index (χ4v) is 5.36. The summed E-state index contributed by atoms with van der Waals surface area (Å²) in [6.07, 6.45) is 5.57. The molecule has 2 aromatic carbocycles. The summed E-state index contributed by atoms with van der Waals surface area (Å²) in [5, 5.41) is 5.69. The fourth-order valence-electron chi connectivity index (χ4n) is 4.15. The number of nitrogens with one attached hydrogen (secondary N) is 3. The SMILES string of the molecule is CC(=O)Nc1ccc(S(=O)(=O)N[C@@H](C)C(=O)NC(c2ccccc2)C2CCCCC2)cc1. The molecule has 1 aliphatic carbocycles. The molecule has 1 saturated carbocycles. The summed E-state index contributed by atoms with van der Waals surface area (Å²) in [6.45, 7) is 2.92. The standard InChI is InChI=1S/C24H31N3O4S/c1-17(27-32(30,31)22-15-13-21(14-16-22)25-18(2)28)24(29)26-23(19-9-5-3-6-10-19)20-11-7-4-8-12-20/h3,5-6,9-10,13-17,20,23,27H,4,7-8,11-12H2,1-2H3,(H,25,28)(H,26,29)/t17-,23?/m0/s1. The van der Waals surface area contributed by atoms with E-state index in [-0.39, 0.29) is 22.8 Å². The third kappa shape index (κ3) is 6.40. The van der Waals surface area contributed by atoms with Crippen LogP contribution >= 0.6 is 0 Å². The van der Waals surface area contributed by atoms with Gasteiger partial charge in [0.05, 0.1) is 17.0 Å². The Labute approximate surface area is 190 Å². The second-order valence-corrected chi connectivity index (χ2v) is 10.1. The van der Waals surface area contributed by atoms with Crippen LogP contribution in [0.25, 0.3) is 0 Å². The molecule has 1 fully saturated rings. The van der Waals surface area contributed by atoms with E-state index in [4.69, 9.17) is 0 Å². The quantitative estimate of drug-likeness (QED) is 0.561. The van der Waals surface area contributed by atoms with E-state index in [1.807, 2.05) is 30.3 Å². The van der Waals surface area contributed by atoms with Gasteiger partial charge in [0, 0.05) is 12.6 Å². The van der Waals surface area contributed by atoms with E-state index in [0.717, 1.165) is 31.2 Å². The molecule has 0 spiro atoms. The summed E-state index contributed by atoms with van der Waals surface area (Å²) in [4.78, 5) is 24.1. The number of carbonyl (C=O) groups is 2. The van der Waals surface area contributed by atoms with E-state index in [0.29, 0.717) is 11.6 Å². The first kappa shape index (κ1) is 23.9. The lowest BCUT2D eigenvalue weighted by Gasteiger charge is -2.32. The summed E-state index contributed by atoms with van der Waals surface area (Å²) < 4.78 is 28.0. The lowest BCUT2D eigenvalue weighted by molar-refractivity contribution is -0.123. The number of hydrogen-bond donors (Lipinski definition) is 3. The van der Waals surface area contributed by atoms with Crippen LogP contribution in [0, 0.1) is 5.92 Å². The van der Waals surface area contributed by atoms with Crippen LogP contribution in [0.3, 0.4) is 0 Å². The molecule has 3 rings (SSSR count). The van der Waals surface area contributed by atoms with E-state index in [1.54, 1.807) is 6.92 Å². The highest BCUT2D eigenvalue weighted by Gasteiger charge is 2.29.